The van der Waals surface area contributed by atoms with Crippen molar-refractivity contribution < 1.29 is 9.59 Å². The summed E-state index contributed by atoms with van der Waals surface area (Å²) < 4.78 is 0. The second-order valence-corrected chi connectivity index (χ2v) is 5.39. The molecule has 1 heterocycles. The number of thioether (sulfide) groups is 1. The number of hydrogen-bond donors (Lipinski definition) is 1. The van der Waals surface area contributed by atoms with Gasteiger partial charge in [-0.25, -0.2) is 0 Å². The Bertz CT molecular complexity index is 554. The molecule has 2 amide bonds. The minimum atomic E-state index is -0.150. The number of hydrogen-bond acceptors (Lipinski definition) is 4. The van der Waals surface area contributed by atoms with Crippen LogP contribution in [0.2, 0.25) is 0 Å². The van der Waals surface area contributed by atoms with Crippen molar-refractivity contribution in [2.45, 2.75) is 11.3 Å². The maximum absolute atomic E-state index is 12.5. The molecule has 1 N–H and O–H groups in total. The normalized spacial score (nSPS) is 15.2. The van der Waals surface area contributed by atoms with Crippen LogP contribution in [-0.4, -0.2) is 42.1 Å². The Morgan fingerprint density at radius 2 is 2.25 bits per heavy atom. The minimum absolute atomic E-state index is 0.0933. The molecule has 6 heteroatoms. The van der Waals surface area contributed by atoms with Gasteiger partial charge in [-0.2, -0.15) is 5.26 Å². The highest BCUT2D eigenvalue weighted by atomic mass is 32.2. The van der Waals surface area contributed by atoms with Gasteiger partial charge in [0, 0.05) is 18.0 Å². The molecule has 0 spiro atoms. The number of nitrogens with one attached hydrogen (secondary N) is 1. The third kappa shape index (κ3) is 3.52. The molecule has 2 rings (SSSR count). The third-order valence-electron chi connectivity index (χ3n) is 2.96. The molecule has 0 aromatic heterocycles. The zero-order valence-corrected chi connectivity index (χ0v) is 11.8. The first kappa shape index (κ1) is 14.4. The summed E-state index contributed by atoms with van der Waals surface area (Å²) in [6, 6.07) is 9.25. The third-order valence-corrected chi connectivity index (χ3v) is 3.90. The van der Waals surface area contributed by atoms with Gasteiger partial charge in [-0.3, -0.25) is 9.59 Å². The molecule has 1 aliphatic heterocycles. The summed E-state index contributed by atoms with van der Waals surface area (Å²) in [7, 11) is 0. The van der Waals surface area contributed by atoms with E-state index in [4.69, 9.17) is 5.26 Å². The van der Waals surface area contributed by atoms with Gasteiger partial charge in [0.1, 0.15) is 0 Å². The average Bonchev–Trinajstić information content (AvgIpc) is 2.69. The maximum atomic E-state index is 12.5. The lowest BCUT2D eigenvalue weighted by atomic mass is 10.2. The molecular weight excluding hydrogens is 274 g/mol. The van der Waals surface area contributed by atoms with Crippen molar-refractivity contribution in [3.05, 3.63) is 29.8 Å². The van der Waals surface area contributed by atoms with Crippen LogP contribution in [0.4, 0.5) is 0 Å². The first-order valence-corrected chi connectivity index (χ1v) is 7.35. The van der Waals surface area contributed by atoms with Crippen LogP contribution in [0.3, 0.4) is 0 Å². The number of rotatable bonds is 3. The van der Waals surface area contributed by atoms with E-state index < -0.39 is 0 Å². The number of carbonyl (C=O) groups excluding carboxylic acids is 2. The number of carbonyl (C=O) groups is 2. The lowest BCUT2D eigenvalue weighted by Gasteiger charge is -2.20. The number of benzene rings is 1. The Labute approximate surface area is 121 Å². The van der Waals surface area contributed by atoms with Crippen molar-refractivity contribution in [1.29, 1.82) is 5.26 Å². The van der Waals surface area contributed by atoms with Crippen LogP contribution in [0.25, 0.3) is 0 Å². The van der Waals surface area contributed by atoms with Crippen molar-refractivity contribution >= 4 is 23.6 Å². The van der Waals surface area contributed by atoms with Gasteiger partial charge in [0.2, 0.25) is 5.91 Å². The van der Waals surface area contributed by atoms with E-state index in [1.165, 1.54) is 11.8 Å². The fourth-order valence-corrected chi connectivity index (χ4v) is 2.73. The molecule has 1 fully saturated rings. The van der Waals surface area contributed by atoms with E-state index in [0.29, 0.717) is 24.4 Å². The lowest BCUT2D eigenvalue weighted by molar-refractivity contribution is -0.121. The van der Waals surface area contributed by atoms with Crippen LogP contribution in [0.15, 0.2) is 29.2 Å². The number of nitrogens with zero attached hydrogens (tertiary/aromatic N) is 2. The molecular formula is C14H15N3O2S. The van der Waals surface area contributed by atoms with Crippen molar-refractivity contribution in [3.8, 4) is 6.07 Å². The minimum Gasteiger partial charge on any atom is -0.354 e. The van der Waals surface area contributed by atoms with Gasteiger partial charge in [-0.15, -0.1) is 11.8 Å². The van der Waals surface area contributed by atoms with E-state index in [9.17, 15) is 9.59 Å². The van der Waals surface area contributed by atoms with Gasteiger partial charge in [0.05, 0.1) is 23.9 Å². The molecule has 1 aromatic rings. The van der Waals surface area contributed by atoms with E-state index in [1.807, 2.05) is 12.1 Å². The number of nitriles is 1. The average molecular weight is 289 g/mol. The van der Waals surface area contributed by atoms with Crippen molar-refractivity contribution in [1.82, 2.24) is 10.2 Å². The molecule has 5 nitrogen and oxygen atoms in total. The molecule has 104 valence electrons. The first-order chi connectivity index (χ1) is 9.72. The quantitative estimate of drug-likeness (QED) is 0.850. The van der Waals surface area contributed by atoms with Gasteiger partial charge in [0.25, 0.3) is 5.91 Å². The van der Waals surface area contributed by atoms with Crippen molar-refractivity contribution in [2.24, 2.45) is 0 Å². The van der Waals surface area contributed by atoms with Gasteiger partial charge in [0.15, 0.2) is 0 Å². The van der Waals surface area contributed by atoms with Crippen LogP contribution in [0.1, 0.15) is 16.8 Å². The second kappa shape index (κ2) is 6.96. The van der Waals surface area contributed by atoms with E-state index >= 15 is 0 Å². The predicted octanol–water partition coefficient (Wildman–Crippen LogP) is 1.26. The van der Waals surface area contributed by atoms with Gasteiger partial charge >= 0.3 is 0 Å². The molecule has 0 aliphatic carbocycles. The SMILES string of the molecule is N#CCSc1ccccc1C(=O)N1CCCNC(=O)C1. The van der Waals surface area contributed by atoms with Crippen LogP contribution in [0, 0.1) is 11.3 Å². The Hall–Kier alpha value is -2.00. The molecule has 20 heavy (non-hydrogen) atoms. The monoisotopic (exact) mass is 289 g/mol. The smallest absolute Gasteiger partial charge is 0.255 e. The van der Waals surface area contributed by atoms with Gasteiger partial charge in [-0.1, -0.05) is 12.1 Å². The zero-order chi connectivity index (χ0) is 14.4. The first-order valence-electron chi connectivity index (χ1n) is 6.37. The van der Waals surface area contributed by atoms with E-state index in [0.717, 1.165) is 11.3 Å². The van der Waals surface area contributed by atoms with Crippen LogP contribution in [0.5, 0.6) is 0 Å². The van der Waals surface area contributed by atoms with Crippen molar-refractivity contribution in [3.63, 3.8) is 0 Å². The highest BCUT2D eigenvalue weighted by Gasteiger charge is 2.22. The Morgan fingerprint density at radius 3 is 3.05 bits per heavy atom. The fraction of sp³-hybridized carbons (Fsp3) is 0.357. The molecule has 1 aromatic carbocycles. The fourth-order valence-electron chi connectivity index (χ4n) is 2.03. The van der Waals surface area contributed by atoms with Crippen molar-refractivity contribution in [2.75, 3.05) is 25.4 Å². The summed E-state index contributed by atoms with van der Waals surface area (Å²) in [5, 5.41) is 11.4. The summed E-state index contributed by atoms with van der Waals surface area (Å²) >= 11 is 1.34. The molecule has 1 aliphatic rings. The second-order valence-electron chi connectivity index (χ2n) is 4.37. The van der Waals surface area contributed by atoms with E-state index in [1.54, 1.807) is 17.0 Å². The zero-order valence-electron chi connectivity index (χ0n) is 11.0. The Kier molecular flexibility index (Phi) is 5.02. The number of amides is 2. The highest BCUT2D eigenvalue weighted by Crippen LogP contribution is 2.23. The standard InChI is InChI=1S/C14H15N3O2S/c15-6-9-20-12-5-2-1-4-11(12)14(19)17-8-3-7-16-13(18)10-17/h1-2,4-5H,3,7-10H2,(H,16,18). The summed E-state index contributed by atoms with van der Waals surface area (Å²) in [5.74, 6) is 0.0196. The van der Waals surface area contributed by atoms with E-state index in [2.05, 4.69) is 11.4 Å². The van der Waals surface area contributed by atoms with E-state index in [-0.39, 0.29) is 18.4 Å². The van der Waals surface area contributed by atoms with Gasteiger partial charge in [-0.05, 0) is 18.6 Å². The molecule has 0 bridgehead atoms. The van der Waals surface area contributed by atoms with Crippen LogP contribution >= 0.6 is 11.8 Å². The van der Waals surface area contributed by atoms with Crippen LogP contribution in [-0.2, 0) is 4.79 Å². The summed E-state index contributed by atoms with van der Waals surface area (Å²) in [6.45, 7) is 1.26. The predicted molar refractivity (Wildman–Crippen MR) is 76.3 cm³/mol. The van der Waals surface area contributed by atoms with Gasteiger partial charge < -0.3 is 10.2 Å². The Balaban J connectivity index is 2.19. The van der Waals surface area contributed by atoms with Crippen LogP contribution < -0.4 is 5.32 Å². The molecule has 0 radical (unpaired) electrons. The molecule has 1 saturated heterocycles. The molecule has 0 unspecified atom stereocenters. The topological polar surface area (TPSA) is 73.2 Å². The lowest BCUT2D eigenvalue weighted by Crippen LogP contribution is -2.37. The summed E-state index contributed by atoms with van der Waals surface area (Å²) in [4.78, 5) is 26.4. The molecule has 0 saturated carbocycles. The largest absolute Gasteiger partial charge is 0.354 e. The maximum Gasteiger partial charge on any atom is 0.255 e. The Morgan fingerprint density at radius 1 is 1.45 bits per heavy atom. The molecule has 0 atom stereocenters. The summed E-state index contributed by atoms with van der Waals surface area (Å²) in [5.41, 5.74) is 0.558. The summed E-state index contributed by atoms with van der Waals surface area (Å²) in [6.07, 6.45) is 0.755. The highest BCUT2D eigenvalue weighted by molar-refractivity contribution is 7.99.